The van der Waals surface area contributed by atoms with Crippen molar-refractivity contribution in [1.82, 2.24) is 9.80 Å². The van der Waals surface area contributed by atoms with Crippen molar-refractivity contribution in [2.45, 2.75) is 18.9 Å². The van der Waals surface area contributed by atoms with Crippen LogP contribution in [-0.2, 0) is 9.53 Å². The second kappa shape index (κ2) is 7.17. The molecular formula is C11H20N2O5. The van der Waals surface area contributed by atoms with Crippen molar-refractivity contribution in [2.75, 3.05) is 39.9 Å². The summed E-state index contributed by atoms with van der Waals surface area (Å²) >= 11 is 0. The molecule has 2 N–H and O–H groups in total. The predicted octanol–water partition coefficient (Wildman–Crippen LogP) is -0.404. The van der Waals surface area contributed by atoms with Gasteiger partial charge in [0, 0.05) is 20.1 Å². The molecule has 18 heavy (non-hydrogen) atoms. The average molecular weight is 260 g/mol. The van der Waals surface area contributed by atoms with E-state index in [2.05, 4.69) is 0 Å². The molecule has 7 nitrogen and oxygen atoms in total. The number of rotatable bonds is 5. The summed E-state index contributed by atoms with van der Waals surface area (Å²) in [7, 11) is 1.48. The second-order valence-electron chi connectivity index (χ2n) is 4.31. The molecule has 7 heteroatoms. The van der Waals surface area contributed by atoms with E-state index in [0.29, 0.717) is 32.5 Å². The molecule has 0 unspecified atom stereocenters. The van der Waals surface area contributed by atoms with Crippen molar-refractivity contribution in [1.29, 1.82) is 0 Å². The highest BCUT2D eigenvalue weighted by Gasteiger charge is 2.25. The van der Waals surface area contributed by atoms with Gasteiger partial charge < -0.3 is 24.7 Å². The summed E-state index contributed by atoms with van der Waals surface area (Å²) in [6, 6.07) is -0.266. The number of carbonyl (C=O) groups is 2. The first-order valence-electron chi connectivity index (χ1n) is 5.99. The Balaban J connectivity index is 2.33. The molecule has 0 radical (unpaired) electrons. The number of likely N-dealkylation sites (N-methyl/N-ethyl adjacent to an activating group) is 1. The number of hydrogen-bond donors (Lipinski definition) is 2. The third kappa shape index (κ3) is 4.50. The average Bonchev–Trinajstić information content (AvgIpc) is 2.35. The van der Waals surface area contributed by atoms with Crippen LogP contribution in [0.4, 0.5) is 4.79 Å². The van der Waals surface area contributed by atoms with Crippen molar-refractivity contribution in [3.05, 3.63) is 0 Å². The molecule has 104 valence electrons. The second-order valence-corrected chi connectivity index (χ2v) is 4.31. The molecule has 1 aliphatic rings. The predicted molar refractivity (Wildman–Crippen MR) is 63.3 cm³/mol. The van der Waals surface area contributed by atoms with Crippen molar-refractivity contribution < 1.29 is 24.5 Å². The lowest BCUT2D eigenvalue weighted by molar-refractivity contribution is -0.137. The van der Waals surface area contributed by atoms with E-state index in [1.165, 1.54) is 11.9 Å². The highest BCUT2D eigenvalue weighted by molar-refractivity contribution is 5.79. The van der Waals surface area contributed by atoms with E-state index in [-0.39, 0.29) is 25.3 Å². The van der Waals surface area contributed by atoms with Gasteiger partial charge in [0.1, 0.15) is 6.54 Å². The lowest BCUT2D eigenvalue weighted by atomic mass is 10.1. The van der Waals surface area contributed by atoms with Crippen molar-refractivity contribution in [3.8, 4) is 0 Å². The number of piperidine rings is 1. The molecule has 0 aromatic heterocycles. The minimum Gasteiger partial charge on any atom is -0.480 e. The molecule has 0 aliphatic carbocycles. The van der Waals surface area contributed by atoms with Crippen LogP contribution in [0.25, 0.3) is 0 Å². The first-order valence-corrected chi connectivity index (χ1v) is 5.99. The van der Waals surface area contributed by atoms with Gasteiger partial charge in [0.25, 0.3) is 0 Å². The lowest BCUT2D eigenvalue weighted by Gasteiger charge is -2.34. The molecule has 0 saturated carbocycles. The largest absolute Gasteiger partial charge is 0.480 e. The third-order valence-electron chi connectivity index (χ3n) is 2.86. The number of carboxylic acids is 1. The summed E-state index contributed by atoms with van der Waals surface area (Å²) in [5.74, 6) is -1.02. The number of urea groups is 1. The highest BCUT2D eigenvalue weighted by Crippen LogP contribution is 2.14. The fraction of sp³-hybridized carbons (Fsp3) is 0.818. The van der Waals surface area contributed by atoms with Gasteiger partial charge in [-0.2, -0.15) is 0 Å². The molecule has 0 aromatic carbocycles. The number of aliphatic carboxylic acids is 1. The van der Waals surface area contributed by atoms with E-state index in [4.69, 9.17) is 14.9 Å². The molecular weight excluding hydrogens is 240 g/mol. The highest BCUT2D eigenvalue weighted by atomic mass is 16.5. The van der Waals surface area contributed by atoms with Crippen LogP contribution in [0.2, 0.25) is 0 Å². The first-order chi connectivity index (χ1) is 8.54. The fourth-order valence-corrected chi connectivity index (χ4v) is 1.95. The molecule has 2 amide bonds. The summed E-state index contributed by atoms with van der Waals surface area (Å²) in [5.41, 5.74) is 0. The van der Waals surface area contributed by atoms with E-state index in [9.17, 15) is 9.59 Å². The van der Waals surface area contributed by atoms with Gasteiger partial charge in [0.05, 0.1) is 19.3 Å². The van der Waals surface area contributed by atoms with Crippen LogP contribution in [0.3, 0.4) is 0 Å². The number of nitrogens with zero attached hydrogens (tertiary/aromatic N) is 2. The minimum atomic E-state index is -1.02. The Hall–Kier alpha value is -1.34. The van der Waals surface area contributed by atoms with Crippen molar-refractivity contribution in [3.63, 3.8) is 0 Å². The van der Waals surface area contributed by atoms with Crippen LogP contribution in [0.1, 0.15) is 12.8 Å². The van der Waals surface area contributed by atoms with Crippen LogP contribution in [0.5, 0.6) is 0 Å². The number of aliphatic hydroxyl groups excluding tert-OH is 1. The van der Waals surface area contributed by atoms with Gasteiger partial charge in [0.2, 0.25) is 0 Å². The molecule has 0 aromatic rings. The Morgan fingerprint density at radius 3 is 2.50 bits per heavy atom. The van der Waals surface area contributed by atoms with Gasteiger partial charge >= 0.3 is 12.0 Å². The monoisotopic (exact) mass is 260 g/mol. The Morgan fingerprint density at radius 1 is 1.39 bits per heavy atom. The van der Waals surface area contributed by atoms with Gasteiger partial charge in [-0.25, -0.2) is 4.79 Å². The van der Waals surface area contributed by atoms with Crippen LogP contribution < -0.4 is 0 Å². The zero-order chi connectivity index (χ0) is 13.5. The number of hydrogen-bond acceptors (Lipinski definition) is 4. The molecule has 1 heterocycles. The van der Waals surface area contributed by atoms with Crippen LogP contribution >= 0.6 is 0 Å². The molecule has 1 aliphatic heterocycles. The Labute approximate surface area is 106 Å². The van der Waals surface area contributed by atoms with Crippen LogP contribution in [0, 0.1) is 0 Å². The summed E-state index contributed by atoms with van der Waals surface area (Å²) in [4.78, 5) is 25.2. The van der Waals surface area contributed by atoms with Crippen LogP contribution in [0.15, 0.2) is 0 Å². The summed E-state index contributed by atoms with van der Waals surface area (Å²) < 4.78 is 5.39. The minimum absolute atomic E-state index is 0.000490. The van der Waals surface area contributed by atoms with E-state index in [1.54, 1.807) is 4.90 Å². The number of amides is 2. The van der Waals surface area contributed by atoms with Crippen LogP contribution in [-0.4, -0.2) is 78.0 Å². The molecule has 0 atom stereocenters. The Morgan fingerprint density at radius 2 is 2.00 bits per heavy atom. The van der Waals surface area contributed by atoms with E-state index >= 15 is 0 Å². The first kappa shape index (κ1) is 14.7. The van der Waals surface area contributed by atoms with Gasteiger partial charge in [-0.15, -0.1) is 0 Å². The lowest BCUT2D eigenvalue weighted by Crippen LogP contribution is -2.47. The number of aliphatic hydroxyl groups is 1. The summed E-state index contributed by atoms with van der Waals surface area (Å²) in [6.45, 7) is 1.13. The van der Waals surface area contributed by atoms with Gasteiger partial charge in [-0.1, -0.05) is 0 Å². The Kier molecular flexibility index (Phi) is 5.87. The number of likely N-dealkylation sites (tertiary alicyclic amines) is 1. The zero-order valence-electron chi connectivity index (χ0n) is 10.5. The maximum Gasteiger partial charge on any atom is 0.323 e. The number of carboxylic acid groups (broad SMARTS) is 1. The standard InChI is InChI=1S/C11H20N2O5/c1-12(8-10(15)16)11(17)13-4-2-9(3-5-13)18-7-6-14/h9,14H,2-8H2,1H3,(H,15,16). The SMILES string of the molecule is CN(CC(=O)O)C(=O)N1CCC(OCCO)CC1. The molecule has 0 spiro atoms. The molecule has 1 fully saturated rings. The van der Waals surface area contributed by atoms with Gasteiger partial charge in [-0.05, 0) is 12.8 Å². The third-order valence-corrected chi connectivity index (χ3v) is 2.86. The number of carbonyl (C=O) groups excluding carboxylic acids is 1. The maximum atomic E-state index is 11.9. The van der Waals surface area contributed by atoms with E-state index in [0.717, 1.165) is 0 Å². The van der Waals surface area contributed by atoms with Gasteiger partial charge in [0.15, 0.2) is 0 Å². The molecule has 1 saturated heterocycles. The summed E-state index contributed by atoms with van der Waals surface area (Å²) in [5, 5.41) is 17.3. The Bertz CT molecular complexity index is 289. The summed E-state index contributed by atoms with van der Waals surface area (Å²) in [6.07, 6.45) is 1.50. The van der Waals surface area contributed by atoms with E-state index in [1.807, 2.05) is 0 Å². The maximum absolute atomic E-state index is 11.9. The zero-order valence-corrected chi connectivity index (χ0v) is 10.5. The van der Waals surface area contributed by atoms with Gasteiger partial charge in [-0.3, -0.25) is 4.79 Å². The normalized spacial score (nSPS) is 16.7. The van der Waals surface area contributed by atoms with Crippen molar-refractivity contribution in [2.24, 2.45) is 0 Å². The van der Waals surface area contributed by atoms with E-state index < -0.39 is 5.97 Å². The topological polar surface area (TPSA) is 90.3 Å². The molecule has 1 rings (SSSR count). The van der Waals surface area contributed by atoms with Crippen molar-refractivity contribution >= 4 is 12.0 Å². The molecule has 0 bridgehead atoms. The number of ether oxygens (including phenoxy) is 1. The fourth-order valence-electron chi connectivity index (χ4n) is 1.95. The quantitative estimate of drug-likeness (QED) is 0.701. The smallest absolute Gasteiger partial charge is 0.323 e.